The van der Waals surface area contributed by atoms with Gasteiger partial charge in [-0.25, -0.2) is 8.42 Å². The molecule has 0 spiro atoms. The molecule has 0 radical (unpaired) electrons. The van der Waals surface area contributed by atoms with E-state index in [1.165, 1.54) is 4.31 Å². The summed E-state index contributed by atoms with van der Waals surface area (Å²) in [6.45, 7) is 4.43. The van der Waals surface area contributed by atoms with E-state index in [1.54, 1.807) is 0 Å². The second-order valence-corrected chi connectivity index (χ2v) is 6.73. The highest BCUT2D eigenvalue weighted by molar-refractivity contribution is 7.93. The molecule has 1 saturated heterocycles. The van der Waals surface area contributed by atoms with Crippen molar-refractivity contribution in [1.82, 2.24) is 0 Å². The van der Waals surface area contributed by atoms with Crippen LogP contribution in [0.3, 0.4) is 0 Å². The molecule has 2 N–H and O–H groups in total. The van der Waals surface area contributed by atoms with Crippen LogP contribution >= 0.6 is 0 Å². The first-order valence-corrected chi connectivity index (χ1v) is 7.37. The van der Waals surface area contributed by atoms with Crippen molar-refractivity contribution in [2.75, 3.05) is 16.6 Å². The molecule has 1 aromatic carbocycles. The van der Waals surface area contributed by atoms with Gasteiger partial charge in [-0.15, -0.1) is 0 Å². The number of rotatable bonds is 2. The first-order chi connectivity index (χ1) is 7.90. The van der Waals surface area contributed by atoms with Gasteiger partial charge >= 0.3 is 0 Å². The molecule has 1 aliphatic rings. The van der Waals surface area contributed by atoms with Crippen molar-refractivity contribution in [2.24, 2.45) is 11.7 Å². The molecule has 17 heavy (non-hydrogen) atoms. The van der Waals surface area contributed by atoms with Crippen LogP contribution in [0.1, 0.15) is 25.5 Å². The smallest absolute Gasteiger partial charge is 0.235 e. The van der Waals surface area contributed by atoms with Gasteiger partial charge in [-0.05, 0) is 30.5 Å². The number of benzene rings is 1. The largest absolute Gasteiger partial charge is 0.324 e. The van der Waals surface area contributed by atoms with E-state index in [0.717, 1.165) is 11.3 Å². The molecule has 0 unspecified atom stereocenters. The fourth-order valence-corrected chi connectivity index (χ4v) is 4.04. The number of nitrogens with zero attached hydrogens (tertiary/aromatic N) is 1. The van der Waals surface area contributed by atoms with Gasteiger partial charge in [-0.3, -0.25) is 4.31 Å². The Morgan fingerprint density at radius 3 is 2.35 bits per heavy atom. The summed E-state index contributed by atoms with van der Waals surface area (Å²) in [4.78, 5) is 0. The minimum atomic E-state index is -3.12. The summed E-state index contributed by atoms with van der Waals surface area (Å²) in [7, 11) is -3.12. The fraction of sp³-hybridized carbons (Fsp3) is 0.500. The van der Waals surface area contributed by atoms with Crippen molar-refractivity contribution < 1.29 is 8.42 Å². The zero-order valence-electron chi connectivity index (χ0n) is 10.1. The lowest BCUT2D eigenvalue weighted by atomic mass is 10.1. The Hall–Kier alpha value is -1.07. The van der Waals surface area contributed by atoms with Crippen LogP contribution in [0.25, 0.3) is 0 Å². The first kappa shape index (κ1) is 12.4. The molecule has 5 heteroatoms. The van der Waals surface area contributed by atoms with Crippen LogP contribution in [0.15, 0.2) is 24.3 Å². The van der Waals surface area contributed by atoms with Crippen molar-refractivity contribution in [2.45, 2.75) is 19.9 Å². The third-order valence-corrected chi connectivity index (χ3v) is 5.04. The summed E-state index contributed by atoms with van der Waals surface area (Å²) in [6, 6.07) is 7.40. The summed E-state index contributed by atoms with van der Waals surface area (Å²) in [5, 5.41) is 0. The van der Waals surface area contributed by atoms with Crippen molar-refractivity contribution in [3.63, 3.8) is 0 Å². The lowest BCUT2D eigenvalue weighted by Gasteiger charge is -2.17. The van der Waals surface area contributed by atoms with Gasteiger partial charge < -0.3 is 5.73 Å². The minimum absolute atomic E-state index is 0.0295. The molecule has 1 aliphatic heterocycles. The van der Waals surface area contributed by atoms with E-state index in [9.17, 15) is 8.42 Å². The average Bonchev–Trinajstić information content (AvgIpc) is 2.52. The van der Waals surface area contributed by atoms with Crippen LogP contribution in [-0.2, 0) is 10.0 Å². The van der Waals surface area contributed by atoms with Gasteiger partial charge in [-0.1, -0.05) is 19.1 Å². The van der Waals surface area contributed by atoms with Gasteiger partial charge in [0.25, 0.3) is 0 Å². The molecule has 0 aromatic heterocycles. The van der Waals surface area contributed by atoms with E-state index in [2.05, 4.69) is 0 Å². The van der Waals surface area contributed by atoms with Gasteiger partial charge in [-0.2, -0.15) is 0 Å². The highest BCUT2D eigenvalue weighted by atomic mass is 32.2. The molecule has 1 aromatic rings. The van der Waals surface area contributed by atoms with Crippen LogP contribution in [0.2, 0.25) is 0 Å². The van der Waals surface area contributed by atoms with Gasteiger partial charge in [0.15, 0.2) is 0 Å². The molecule has 0 bridgehead atoms. The molecule has 1 fully saturated rings. The Labute approximate surface area is 102 Å². The number of hydrogen-bond acceptors (Lipinski definition) is 3. The van der Waals surface area contributed by atoms with E-state index in [-0.39, 0.29) is 17.7 Å². The zero-order chi connectivity index (χ0) is 12.6. The van der Waals surface area contributed by atoms with Gasteiger partial charge in [0.05, 0.1) is 11.4 Å². The highest BCUT2D eigenvalue weighted by Gasteiger charge is 2.33. The molecule has 4 nitrogen and oxygen atoms in total. The SMILES string of the molecule is C[C@H]1CN(c2ccc([C@@H](C)N)cc2)S(=O)(=O)C1. The number of anilines is 1. The minimum Gasteiger partial charge on any atom is -0.324 e. The third-order valence-electron chi connectivity index (χ3n) is 3.02. The maximum absolute atomic E-state index is 11.9. The molecular weight excluding hydrogens is 236 g/mol. The topological polar surface area (TPSA) is 63.4 Å². The van der Waals surface area contributed by atoms with Crippen LogP contribution in [-0.4, -0.2) is 20.7 Å². The van der Waals surface area contributed by atoms with E-state index in [4.69, 9.17) is 5.73 Å². The average molecular weight is 254 g/mol. The molecular formula is C12H18N2O2S. The van der Waals surface area contributed by atoms with E-state index in [1.807, 2.05) is 38.1 Å². The Balaban J connectivity index is 2.29. The summed E-state index contributed by atoms with van der Waals surface area (Å²) < 4.78 is 25.3. The predicted octanol–water partition coefficient (Wildman–Crippen LogP) is 1.49. The zero-order valence-corrected chi connectivity index (χ0v) is 10.9. The first-order valence-electron chi connectivity index (χ1n) is 5.76. The maximum atomic E-state index is 11.9. The van der Waals surface area contributed by atoms with Crippen LogP contribution in [0.4, 0.5) is 5.69 Å². The third kappa shape index (κ3) is 2.45. The van der Waals surface area contributed by atoms with Crippen LogP contribution < -0.4 is 10.0 Å². The molecule has 2 atom stereocenters. The predicted molar refractivity (Wildman–Crippen MR) is 69.3 cm³/mol. The number of sulfonamides is 1. The summed E-state index contributed by atoms with van der Waals surface area (Å²) >= 11 is 0. The second kappa shape index (κ2) is 4.31. The number of hydrogen-bond donors (Lipinski definition) is 1. The Kier molecular flexibility index (Phi) is 3.14. The molecule has 1 heterocycles. The Morgan fingerprint density at radius 2 is 1.94 bits per heavy atom. The summed E-state index contributed by atoms with van der Waals surface area (Å²) in [6.07, 6.45) is 0. The normalized spacial score (nSPS) is 24.9. The summed E-state index contributed by atoms with van der Waals surface area (Å²) in [5.41, 5.74) is 7.51. The summed E-state index contributed by atoms with van der Waals surface area (Å²) in [5.74, 6) is 0.426. The van der Waals surface area contributed by atoms with Crippen molar-refractivity contribution >= 4 is 15.7 Å². The number of nitrogens with two attached hydrogens (primary N) is 1. The molecule has 0 aliphatic carbocycles. The van der Waals surface area contributed by atoms with Gasteiger partial charge in [0.2, 0.25) is 10.0 Å². The van der Waals surface area contributed by atoms with Crippen molar-refractivity contribution in [1.29, 1.82) is 0 Å². The lowest BCUT2D eigenvalue weighted by Crippen LogP contribution is -2.25. The quantitative estimate of drug-likeness (QED) is 0.869. The lowest BCUT2D eigenvalue weighted by molar-refractivity contribution is 0.598. The van der Waals surface area contributed by atoms with Crippen molar-refractivity contribution in [3.8, 4) is 0 Å². The van der Waals surface area contributed by atoms with Crippen LogP contribution in [0.5, 0.6) is 0 Å². The Bertz CT molecular complexity index is 494. The monoisotopic (exact) mass is 254 g/mol. The molecule has 2 rings (SSSR count). The standard InChI is InChI=1S/C12H18N2O2S/c1-9-7-14(17(15,16)8-9)12-5-3-11(4-6-12)10(2)13/h3-6,9-10H,7-8,13H2,1-2H3/t9-,10+/m0/s1. The highest BCUT2D eigenvalue weighted by Crippen LogP contribution is 2.27. The van der Waals surface area contributed by atoms with Gasteiger partial charge in [0.1, 0.15) is 0 Å². The van der Waals surface area contributed by atoms with E-state index < -0.39 is 10.0 Å². The Morgan fingerprint density at radius 1 is 1.35 bits per heavy atom. The maximum Gasteiger partial charge on any atom is 0.235 e. The second-order valence-electron chi connectivity index (χ2n) is 4.80. The van der Waals surface area contributed by atoms with Crippen molar-refractivity contribution in [3.05, 3.63) is 29.8 Å². The fourth-order valence-electron chi connectivity index (χ4n) is 2.11. The van der Waals surface area contributed by atoms with E-state index >= 15 is 0 Å². The molecule has 0 saturated carbocycles. The van der Waals surface area contributed by atoms with Crippen LogP contribution in [0, 0.1) is 5.92 Å². The van der Waals surface area contributed by atoms with E-state index in [0.29, 0.717) is 6.54 Å². The van der Waals surface area contributed by atoms with Gasteiger partial charge in [0, 0.05) is 12.6 Å². The molecule has 0 amide bonds. The molecule has 94 valence electrons.